The van der Waals surface area contributed by atoms with Gasteiger partial charge in [0.2, 0.25) is 10.0 Å². The van der Waals surface area contributed by atoms with E-state index in [0.29, 0.717) is 24.0 Å². The number of rotatable bonds is 7. The fourth-order valence-electron chi connectivity index (χ4n) is 2.09. The maximum atomic E-state index is 12.2. The maximum absolute atomic E-state index is 12.2. The van der Waals surface area contributed by atoms with E-state index in [-0.39, 0.29) is 5.75 Å². The van der Waals surface area contributed by atoms with Gasteiger partial charge in [-0.2, -0.15) is 9.78 Å². The molecule has 2 aromatic heterocycles. The molecule has 0 saturated carbocycles. The molecule has 0 fully saturated rings. The lowest BCUT2D eigenvalue weighted by atomic mass is 10.1. The van der Waals surface area contributed by atoms with Crippen LogP contribution in [0.2, 0.25) is 0 Å². The Morgan fingerprint density at radius 1 is 1.27 bits per heavy atom. The standard InChI is InChI=1S/C15H22N4O2S/c1-12(2)5-4-10-22(20,21)18-14-7-9-17-19(14)15-11-13(3)6-8-16-15/h6-9,11-12,18H,4-5,10H2,1-3H3. The second-order valence-electron chi connectivity index (χ2n) is 5.78. The minimum Gasteiger partial charge on any atom is -0.267 e. The highest BCUT2D eigenvalue weighted by atomic mass is 32.2. The minimum atomic E-state index is -3.38. The molecule has 2 aromatic rings. The summed E-state index contributed by atoms with van der Waals surface area (Å²) in [7, 11) is -3.38. The van der Waals surface area contributed by atoms with Gasteiger partial charge in [0.15, 0.2) is 5.82 Å². The van der Waals surface area contributed by atoms with Gasteiger partial charge in [-0.25, -0.2) is 13.4 Å². The molecule has 0 radical (unpaired) electrons. The number of aromatic nitrogens is 3. The molecule has 0 aliphatic rings. The Hall–Kier alpha value is -1.89. The van der Waals surface area contributed by atoms with Crippen LogP contribution >= 0.6 is 0 Å². The Bertz CT molecular complexity index is 723. The molecule has 0 aliphatic heterocycles. The first-order valence-electron chi connectivity index (χ1n) is 7.35. The van der Waals surface area contributed by atoms with E-state index in [0.717, 1.165) is 12.0 Å². The number of aryl methyl sites for hydroxylation is 1. The average Bonchev–Trinajstić information content (AvgIpc) is 2.85. The molecule has 2 rings (SSSR count). The molecule has 0 aliphatic carbocycles. The first-order chi connectivity index (χ1) is 10.4. The summed E-state index contributed by atoms with van der Waals surface area (Å²) in [6.45, 7) is 6.11. The fourth-order valence-corrected chi connectivity index (χ4v) is 3.21. The highest BCUT2D eigenvalue weighted by Gasteiger charge is 2.15. The van der Waals surface area contributed by atoms with Gasteiger partial charge in [-0.3, -0.25) is 4.72 Å². The highest BCUT2D eigenvalue weighted by molar-refractivity contribution is 7.92. The number of anilines is 1. The summed E-state index contributed by atoms with van der Waals surface area (Å²) in [5.74, 6) is 1.60. The zero-order valence-electron chi connectivity index (χ0n) is 13.2. The van der Waals surface area contributed by atoms with Crippen LogP contribution in [-0.2, 0) is 10.0 Å². The Balaban J connectivity index is 2.13. The molecule has 0 spiro atoms. The van der Waals surface area contributed by atoms with Gasteiger partial charge >= 0.3 is 0 Å². The Morgan fingerprint density at radius 3 is 2.73 bits per heavy atom. The van der Waals surface area contributed by atoms with Crippen LogP contribution in [0.15, 0.2) is 30.6 Å². The van der Waals surface area contributed by atoms with Gasteiger partial charge < -0.3 is 0 Å². The van der Waals surface area contributed by atoms with E-state index in [1.807, 2.05) is 19.1 Å². The molecular formula is C15H22N4O2S. The second-order valence-corrected chi connectivity index (χ2v) is 7.62. The number of pyridine rings is 1. The molecule has 6 nitrogen and oxygen atoms in total. The van der Waals surface area contributed by atoms with Crippen LogP contribution in [0.5, 0.6) is 0 Å². The largest absolute Gasteiger partial charge is 0.267 e. The van der Waals surface area contributed by atoms with Gasteiger partial charge in [0.1, 0.15) is 5.82 Å². The summed E-state index contributed by atoms with van der Waals surface area (Å²) in [5.41, 5.74) is 1.03. The number of nitrogens with one attached hydrogen (secondary N) is 1. The van der Waals surface area contributed by atoms with Gasteiger partial charge in [-0.05, 0) is 43.4 Å². The predicted octanol–water partition coefficient (Wildman–Crippen LogP) is 2.75. The second kappa shape index (κ2) is 6.91. The van der Waals surface area contributed by atoms with Crippen LogP contribution in [0.3, 0.4) is 0 Å². The van der Waals surface area contributed by atoms with Crippen molar-refractivity contribution in [1.29, 1.82) is 0 Å². The Morgan fingerprint density at radius 2 is 2.05 bits per heavy atom. The van der Waals surface area contributed by atoms with E-state index in [1.165, 1.54) is 4.68 Å². The minimum absolute atomic E-state index is 0.109. The maximum Gasteiger partial charge on any atom is 0.233 e. The first kappa shape index (κ1) is 16.5. The third kappa shape index (κ3) is 4.56. The summed E-state index contributed by atoms with van der Waals surface area (Å²) < 4.78 is 28.4. The van der Waals surface area contributed by atoms with Crippen LogP contribution in [0, 0.1) is 12.8 Å². The first-order valence-corrected chi connectivity index (χ1v) is 9.00. The molecule has 0 unspecified atom stereocenters. The fraction of sp³-hybridized carbons (Fsp3) is 0.467. The molecule has 2 heterocycles. The summed E-state index contributed by atoms with van der Waals surface area (Å²) in [6, 6.07) is 5.36. The normalized spacial score (nSPS) is 11.8. The summed E-state index contributed by atoms with van der Waals surface area (Å²) >= 11 is 0. The van der Waals surface area contributed by atoms with Crippen LogP contribution < -0.4 is 4.72 Å². The van der Waals surface area contributed by atoms with Crippen molar-refractivity contribution in [1.82, 2.24) is 14.8 Å². The van der Waals surface area contributed by atoms with Crippen molar-refractivity contribution in [2.45, 2.75) is 33.6 Å². The van der Waals surface area contributed by atoms with Crippen molar-refractivity contribution in [3.63, 3.8) is 0 Å². The Kier molecular flexibility index (Phi) is 5.18. The van der Waals surface area contributed by atoms with Gasteiger partial charge in [-0.1, -0.05) is 13.8 Å². The van der Waals surface area contributed by atoms with Crippen LogP contribution in [-0.4, -0.2) is 28.9 Å². The molecule has 120 valence electrons. The van der Waals surface area contributed by atoms with E-state index < -0.39 is 10.0 Å². The Labute approximate surface area is 131 Å². The molecule has 1 N–H and O–H groups in total. The van der Waals surface area contributed by atoms with E-state index >= 15 is 0 Å². The van der Waals surface area contributed by atoms with Crippen molar-refractivity contribution in [3.05, 3.63) is 36.2 Å². The number of nitrogens with zero attached hydrogens (tertiary/aromatic N) is 3. The van der Waals surface area contributed by atoms with Crippen LogP contribution in [0.1, 0.15) is 32.3 Å². The van der Waals surface area contributed by atoms with Crippen molar-refractivity contribution < 1.29 is 8.42 Å². The molecular weight excluding hydrogens is 300 g/mol. The molecule has 0 saturated heterocycles. The molecule has 0 aromatic carbocycles. The topological polar surface area (TPSA) is 76.9 Å². The number of sulfonamides is 1. The molecule has 7 heteroatoms. The van der Waals surface area contributed by atoms with Crippen LogP contribution in [0.4, 0.5) is 5.82 Å². The number of hydrogen-bond donors (Lipinski definition) is 1. The molecule has 0 bridgehead atoms. The monoisotopic (exact) mass is 322 g/mol. The lowest BCUT2D eigenvalue weighted by molar-refractivity contribution is 0.562. The van der Waals surface area contributed by atoms with Crippen LogP contribution in [0.25, 0.3) is 5.82 Å². The number of hydrogen-bond acceptors (Lipinski definition) is 4. The third-order valence-corrected chi connectivity index (χ3v) is 4.56. The van der Waals surface area contributed by atoms with Gasteiger partial charge in [-0.15, -0.1) is 0 Å². The highest BCUT2D eigenvalue weighted by Crippen LogP contribution is 2.16. The van der Waals surface area contributed by atoms with E-state index in [4.69, 9.17) is 0 Å². The smallest absolute Gasteiger partial charge is 0.233 e. The molecule has 22 heavy (non-hydrogen) atoms. The predicted molar refractivity (Wildman–Crippen MR) is 87.6 cm³/mol. The quantitative estimate of drug-likeness (QED) is 0.850. The van der Waals surface area contributed by atoms with Gasteiger partial charge in [0, 0.05) is 12.3 Å². The van der Waals surface area contributed by atoms with Gasteiger partial charge in [0.25, 0.3) is 0 Å². The molecule has 0 amide bonds. The van der Waals surface area contributed by atoms with Gasteiger partial charge in [0.05, 0.1) is 11.9 Å². The average molecular weight is 322 g/mol. The van der Waals surface area contributed by atoms with Crippen molar-refractivity contribution in [3.8, 4) is 5.82 Å². The van der Waals surface area contributed by atoms with Crippen molar-refractivity contribution in [2.75, 3.05) is 10.5 Å². The zero-order valence-corrected chi connectivity index (χ0v) is 14.0. The lowest BCUT2D eigenvalue weighted by Gasteiger charge is -2.11. The van der Waals surface area contributed by atoms with Crippen molar-refractivity contribution >= 4 is 15.8 Å². The molecule has 0 atom stereocenters. The summed E-state index contributed by atoms with van der Waals surface area (Å²) in [6.07, 6.45) is 4.76. The zero-order chi connectivity index (χ0) is 16.2. The van der Waals surface area contributed by atoms with E-state index in [1.54, 1.807) is 18.5 Å². The van der Waals surface area contributed by atoms with E-state index in [2.05, 4.69) is 28.7 Å². The third-order valence-electron chi connectivity index (χ3n) is 3.22. The lowest BCUT2D eigenvalue weighted by Crippen LogP contribution is -2.19. The SMILES string of the molecule is Cc1ccnc(-n2nccc2NS(=O)(=O)CCCC(C)C)c1. The van der Waals surface area contributed by atoms with E-state index in [9.17, 15) is 8.42 Å². The van der Waals surface area contributed by atoms with Crippen molar-refractivity contribution in [2.24, 2.45) is 5.92 Å². The summed E-state index contributed by atoms with van der Waals surface area (Å²) in [5, 5.41) is 4.15. The summed E-state index contributed by atoms with van der Waals surface area (Å²) in [4.78, 5) is 4.22.